The molecule has 0 unspecified atom stereocenters. The second-order valence-electron chi connectivity index (χ2n) is 6.50. The minimum atomic E-state index is -0.0671. The molecule has 4 N–H and O–H groups in total. The van der Waals surface area contributed by atoms with Crippen molar-refractivity contribution < 1.29 is 27.9 Å². The van der Waals surface area contributed by atoms with Crippen LogP contribution >= 0.6 is 0 Å². The number of hydrogen-bond acceptors (Lipinski definition) is 5. The second kappa shape index (κ2) is 8.42. The van der Waals surface area contributed by atoms with Gasteiger partial charge in [-0.05, 0) is 24.7 Å². The van der Waals surface area contributed by atoms with E-state index >= 15 is 0 Å². The maximum atomic E-state index is 9.50. The lowest BCUT2D eigenvalue weighted by Crippen LogP contribution is -3.00. The number of anilines is 1. The van der Waals surface area contributed by atoms with Crippen LogP contribution in [0.4, 0.5) is 5.82 Å². The van der Waals surface area contributed by atoms with Crippen molar-refractivity contribution in [2.45, 2.75) is 19.5 Å². The molecule has 0 saturated heterocycles. The largest absolute Gasteiger partial charge is 1.00 e. The van der Waals surface area contributed by atoms with Crippen LogP contribution in [0.2, 0.25) is 0 Å². The van der Waals surface area contributed by atoms with Crippen LogP contribution in [0.15, 0.2) is 24.5 Å². The molecule has 1 aromatic carbocycles. The Bertz CT molecular complexity index is 706. The average molecular weight is 368 g/mol. The lowest BCUT2D eigenvalue weighted by atomic mass is 10.1. The zero-order chi connectivity index (χ0) is 17.1. The monoisotopic (exact) mass is 367 g/mol. The van der Waals surface area contributed by atoms with Gasteiger partial charge < -0.3 is 37.4 Å². The first-order valence-electron chi connectivity index (χ1n) is 8.31. The Hall–Kier alpha value is -1.96. The van der Waals surface area contributed by atoms with Crippen LogP contribution in [-0.2, 0) is 19.5 Å². The lowest BCUT2D eigenvalue weighted by molar-refractivity contribution is -0.655. The molecule has 1 aliphatic heterocycles. The van der Waals surface area contributed by atoms with Gasteiger partial charge in [0.2, 0.25) is 0 Å². The molecule has 0 aliphatic carbocycles. The summed E-state index contributed by atoms with van der Waals surface area (Å²) >= 11 is 0. The average Bonchev–Trinajstić information content (AvgIpc) is 2.94. The number of nitrogens with zero attached hydrogens (tertiary/aromatic N) is 4. The Balaban J connectivity index is 0.00000225. The summed E-state index contributed by atoms with van der Waals surface area (Å²) in [6.07, 6.45) is 2.80. The van der Waals surface area contributed by atoms with Crippen LogP contribution < -0.4 is 22.6 Å². The van der Waals surface area contributed by atoms with Crippen molar-refractivity contribution in [3.8, 4) is 11.5 Å². The van der Waals surface area contributed by atoms with Crippen molar-refractivity contribution in [3.63, 3.8) is 0 Å². The molecule has 1 aromatic heterocycles. The summed E-state index contributed by atoms with van der Waals surface area (Å²) < 4.78 is 2.24. The number of imidazole rings is 1. The molecule has 1 aliphatic rings. The molecule has 0 fully saturated rings. The van der Waals surface area contributed by atoms with Gasteiger partial charge in [-0.15, -0.1) is 0 Å². The van der Waals surface area contributed by atoms with Crippen LogP contribution in [0, 0.1) is 0 Å². The predicted octanol–water partition coefficient (Wildman–Crippen LogP) is -3.06. The molecule has 8 heteroatoms. The molecule has 7 nitrogen and oxygen atoms in total. The summed E-state index contributed by atoms with van der Waals surface area (Å²) in [6, 6.07) is 5.01. The topological polar surface area (TPSA) is 81.4 Å². The molecular weight excluding hydrogens is 342 g/mol. The number of nitrogens with two attached hydrogens (primary N) is 1. The molecule has 0 saturated carbocycles. The fourth-order valence-corrected chi connectivity index (χ4v) is 3.17. The minimum absolute atomic E-state index is 0. The van der Waals surface area contributed by atoms with Crippen LogP contribution in [0.1, 0.15) is 11.3 Å². The first kappa shape index (κ1) is 19.4. The number of benzene rings is 1. The first-order valence-corrected chi connectivity index (χ1v) is 8.31. The molecule has 0 spiro atoms. The predicted molar refractivity (Wildman–Crippen MR) is 92.1 cm³/mol. The van der Waals surface area contributed by atoms with Gasteiger partial charge in [-0.25, -0.2) is 4.98 Å². The highest BCUT2D eigenvalue weighted by atomic mass is 35.5. The van der Waals surface area contributed by atoms with E-state index < -0.39 is 0 Å². The van der Waals surface area contributed by atoms with Crippen LogP contribution in [-0.4, -0.2) is 58.5 Å². The minimum Gasteiger partial charge on any atom is -1.00 e. The fourth-order valence-electron chi connectivity index (χ4n) is 3.17. The SMILES string of the molecule is CN1Cc2c(ncn2CC[NH2+]CCc2ccc(O)c(O)c2)N(C)C1.[Cl-]. The zero-order valence-electron chi connectivity index (χ0n) is 14.7. The van der Waals surface area contributed by atoms with E-state index in [-0.39, 0.29) is 23.9 Å². The normalized spacial score (nSPS) is 14.2. The number of phenolic OH excluding ortho intramolecular Hbond substituents is 2. The molecule has 2 aromatic rings. The van der Waals surface area contributed by atoms with Gasteiger partial charge in [-0.3, -0.25) is 4.90 Å². The van der Waals surface area contributed by atoms with E-state index in [0.717, 1.165) is 50.6 Å². The molecule has 0 radical (unpaired) electrons. The quantitative estimate of drug-likeness (QED) is 0.373. The Morgan fingerprint density at radius 2 is 1.96 bits per heavy atom. The maximum absolute atomic E-state index is 9.50. The zero-order valence-corrected chi connectivity index (χ0v) is 15.4. The first-order chi connectivity index (χ1) is 11.5. The van der Waals surface area contributed by atoms with Crippen molar-refractivity contribution in [2.24, 2.45) is 0 Å². The molecule has 138 valence electrons. The highest BCUT2D eigenvalue weighted by molar-refractivity contribution is 5.45. The van der Waals surface area contributed by atoms with E-state index in [1.54, 1.807) is 6.07 Å². The number of fused-ring (bicyclic) bond motifs is 1. The van der Waals surface area contributed by atoms with Crippen molar-refractivity contribution >= 4 is 5.82 Å². The number of rotatable bonds is 6. The third-order valence-corrected chi connectivity index (χ3v) is 4.41. The summed E-state index contributed by atoms with van der Waals surface area (Å²) in [6.45, 7) is 4.72. The van der Waals surface area contributed by atoms with E-state index in [0.29, 0.717) is 0 Å². The van der Waals surface area contributed by atoms with Gasteiger partial charge in [0, 0.05) is 20.0 Å². The van der Waals surface area contributed by atoms with Crippen LogP contribution in [0.3, 0.4) is 0 Å². The number of aromatic hydroxyl groups is 2. The standard InChI is InChI=1S/C17H25N5O2.ClH/c1-20-10-14-17(21(2)12-20)19-11-22(14)8-7-18-6-5-13-3-4-15(23)16(24)9-13;/h3-4,9,11,18,23-24H,5-8,10,12H2,1-2H3;1H. The van der Waals surface area contributed by atoms with E-state index in [2.05, 4.69) is 38.8 Å². The van der Waals surface area contributed by atoms with Gasteiger partial charge in [0.1, 0.15) is 0 Å². The number of hydrogen-bond donors (Lipinski definition) is 3. The highest BCUT2D eigenvalue weighted by Gasteiger charge is 2.22. The molecular formula is C17H26ClN5O2. The third-order valence-electron chi connectivity index (χ3n) is 4.41. The van der Waals surface area contributed by atoms with Crippen molar-refractivity contribution in [1.82, 2.24) is 14.5 Å². The number of halogens is 1. The summed E-state index contributed by atoms with van der Waals surface area (Å²) in [7, 11) is 4.20. The van der Waals surface area contributed by atoms with Gasteiger partial charge in [0.05, 0.1) is 38.3 Å². The molecule has 0 atom stereocenters. The molecule has 2 heterocycles. The Morgan fingerprint density at radius 3 is 2.72 bits per heavy atom. The molecule has 25 heavy (non-hydrogen) atoms. The molecule has 0 amide bonds. The van der Waals surface area contributed by atoms with E-state index in [9.17, 15) is 10.2 Å². The second-order valence-corrected chi connectivity index (χ2v) is 6.50. The summed E-state index contributed by atoms with van der Waals surface area (Å²) in [5.74, 6) is 0.973. The van der Waals surface area contributed by atoms with Crippen LogP contribution in [0.5, 0.6) is 11.5 Å². The van der Waals surface area contributed by atoms with Crippen molar-refractivity contribution in [2.75, 3.05) is 38.8 Å². The Labute approximate surface area is 154 Å². The third kappa shape index (κ3) is 4.56. The number of quaternary nitrogens is 1. The van der Waals surface area contributed by atoms with Gasteiger partial charge in [-0.1, -0.05) is 6.07 Å². The van der Waals surface area contributed by atoms with E-state index in [1.165, 1.54) is 11.8 Å². The van der Waals surface area contributed by atoms with Gasteiger partial charge in [0.25, 0.3) is 0 Å². The van der Waals surface area contributed by atoms with E-state index in [1.807, 2.05) is 12.4 Å². The highest BCUT2D eigenvalue weighted by Crippen LogP contribution is 2.25. The van der Waals surface area contributed by atoms with Crippen molar-refractivity contribution in [3.05, 3.63) is 35.8 Å². The van der Waals surface area contributed by atoms with Crippen LogP contribution in [0.25, 0.3) is 0 Å². The van der Waals surface area contributed by atoms with Gasteiger partial charge in [0.15, 0.2) is 17.3 Å². The van der Waals surface area contributed by atoms with E-state index in [4.69, 9.17) is 0 Å². The van der Waals surface area contributed by atoms with Gasteiger partial charge >= 0.3 is 0 Å². The number of phenols is 2. The maximum Gasteiger partial charge on any atom is 0.157 e. The summed E-state index contributed by atoms with van der Waals surface area (Å²) in [4.78, 5) is 8.99. The Morgan fingerprint density at radius 1 is 1.16 bits per heavy atom. The Kier molecular flexibility index (Phi) is 6.52. The number of aromatic nitrogens is 2. The lowest BCUT2D eigenvalue weighted by Gasteiger charge is -2.31. The summed E-state index contributed by atoms with van der Waals surface area (Å²) in [5.41, 5.74) is 2.31. The molecule has 0 bridgehead atoms. The summed E-state index contributed by atoms with van der Waals surface area (Å²) in [5, 5.41) is 21.1. The van der Waals surface area contributed by atoms with Gasteiger partial charge in [-0.2, -0.15) is 0 Å². The smallest absolute Gasteiger partial charge is 0.157 e. The fraction of sp³-hybridized carbons (Fsp3) is 0.471. The molecule has 3 rings (SSSR count). The van der Waals surface area contributed by atoms with Crippen molar-refractivity contribution in [1.29, 1.82) is 0 Å².